The Morgan fingerprint density at radius 3 is 2.44 bits per heavy atom. The van der Waals surface area contributed by atoms with E-state index < -0.39 is 11.6 Å². The number of rotatable bonds is 2. The lowest BCUT2D eigenvalue weighted by atomic mass is 10.3. The minimum Gasteiger partial charge on any atom is -0.371 e. The van der Waals surface area contributed by atoms with Crippen molar-refractivity contribution in [2.75, 3.05) is 0 Å². The molecule has 0 spiro atoms. The topological polar surface area (TPSA) is 24.4 Å². The monoisotopic (exact) mass is 288 g/mol. The molecule has 0 unspecified atom stereocenters. The van der Waals surface area contributed by atoms with E-state index in [1.165, 1.54) is 12.1 Å². The van der Waals surface area contributed by atoms with E-state index in [2.05, 4.69) is 26.2 Å². The fourth-order valence-corrected chi connectivity index (χ4v) is 1.77. The molecular weight excluding hydrogens is 278 g/mol. The molecule has 1 N–H and O–H groups in total. The average Bonchev–Trinajstić information content (AvgIpc) is 2.95. The smallest absolute Gasteiger partial charge is 0.153 e. The lowest BCUT2D eigenvalue weighted by molar-refractivity contribution is 0.585. The van der Waals surface area contributed by atoms with Crippen molar-refractivity contribution in [3.63, 3.8) is 0 Å². The predicted octanol–water partition coefficient (Wildman–Crippen LogP) is 3.53. The number of amidine groups is 1. The highest BCUT2D eigenvalue weighted by Crippen LogP contribution is 2.26. The largest absolute Gasteiger partial charge is 0.371 e. The second-order valence-electron chi connectivity index (χ2n) is 3.83. The van der Waals surface area contributed by atoms with Crippen LogP contribution in [0.4, 0.5) is 14.5 Å². The van der Waals surface area contributed by atoms with Gasteiger partial charge in [-0.1, -0.05) is 15.9 Å². The number of aliphatic imine (C=N–C) groups is 1. The van der Waals surface area contributed by atoms with Crippen LogP contribution in [0.25, 0.3) is 0 Å². The number of benzene rings is 1. The fourth-order valence-electron chi connectivity index (χ4n) is 1.36. The Labute approximate surface area is 101 Å². The van der Waals surface area contributed by atoms with Crippen molar-refractivity contribution < 1.29 is 8.78 Å². The highest BCUT2D eigenvalue weighted by atomic mass is 79.9. The molecule has 0 heterocycles. The molecule has 0 saturated heterocycles. The third-order valence-corrected chi connectivity index (χ3v) is 2.71. The minimum absolute atomic E-state index is 0.242. The van der Waals surface area contributed by atoms with Gasteiger partial charge in [-0.05, 0) is 31.9 Å². The molecule has 1 fully saturated rings. The molecule has 1 aliphatic rings. The van der Waals surface area contributed by atoms with Crippen molar-refractivity contribution in [2.24, 2.45) is 4.99 Å². The van der Waals surface area contributed by atoms with Gasteiger partial charge in [0.05, 0.1) is 5.84 Å². The van der Waals surface area contributed by atoms with Crippen LogP contribution in [0.1, 0.15) is 19.8 Å². The zero-order valence-electron chi connectivity index (χ0n) is 8.73. The number of halogens is 3. The van der Waals surface area contributed by atoms with Crippen molar-refractivity contribution in [3.05, 3.63) is 28.2 Å². The summed E-state index contributed by atoms with van der Waals surface area (Å²) in [5.41, 5.74) is -0.242. The first-order valence-electron chi connectivity index (χ1n) is 5.02. The van der Waals surface area contributed by atoms with Crippen LogP contribution in [-0.2, 0) is 0 Å². The Balaban J connectivity index is 2.25. The Kier molecular flexibility index (Phi) is 3.23. The van der Waals surface area contributed by atoms with Gasteiger partial charge in [0.1, 0.15) is 5.69 Å². The molecule has 0 atom stereocenters. The molecule has 1 aromatic carbocycles. The van der Waals surface area contributed by atoms with Gasteiger partial charge < -0.3 is 5.32 Å². The van der Waals surface area contributed by atoms with E-state index in [-0.39, 0.29) is 5.69 Å². The zero-order chi connectivity index (χ0) is 11.7. The molecule has 0 radical (unpaired) electrons. The van der Waals surface area contributed by atoms with Gasteiger partial charge in [0.15, 0.2) is 11.6 Å². The highest BCUT2D eigenvalue weighted by Gasteiger charge is 2.21. The van der Waals surface area contributed by atoms with Gasteiger partial charge >= 0.3 is 0 Å². The first-order valence-corrected chi connectivity index (χ1v) is 5.82. The van der Waals surface area contributed by atoms with Gasteiger partial charge in [-0.25, -0.2) is 13.8 Å². The van der Waals surface area contributed by atoms with Gasteiger partial charge in [0.25, 0.3) is 0 Å². The van der Waals surface area contributed by atoms with E-state index in [9.17, 15) is 8.78 Å². The molecule has 1 saturated carbocycles. The Morgan fingerprint density at radius 2 is 1.94 bits per heavy atom. The van der Waals surface area contributed by atoms with E-state index in [4.69, 9.17) is 0 Å². The standard InChI is InChI=1S/C11H11BrF2N2/c1-6(15-8-2-3-8)16-11-9(13)4-7(12)5-10(11)14/h4-5,8H,2-3H2,1H3,(H,15,16). The summed E-state index contributed by atoms with van der Waals surface area (Å²) >= 11 is 3.02. The molecule has 16 heavy (non-hydrogen) atoms. The molecule has 0 aliphatic heterocycles. The van der Waals surface area contributed by atoms with Gasteiger partial charge in [-0.2, -0.15) is 0 Å². The molecule has 1 aromatic rings. The lowest BCUT2D eigenvalue weighted by Crippen LogP contribution is -2.22. The quantitative estimate of drug-likeness (QED) is 0.653. The summed E-state index contributed by atoms with van der Waals surface area (Å²) in [5.74, 6) is -0.782. The Morgan fingerprint density at radius 1 is 1.38 bits per heavy atom. The minimum atomic E-state index is -0.663. The van der Waals surface area contributed by atoms with Gasteiger partial charge in [-0.15, -0.1) is 0 Å². The number of nitrogens with one attached hydrogen (secondary N) is 1. The number of nitrogens with zero attached hydrogens (tertiary/aromatic N) is 1. The van der Waals surface area contributed by atoms with E-state index in [0.29, 0.717) is 16.4 Å². The van der Waals surface area contributed by atoms with Gasteiger partial charge in [0, 0.05) is 10.5 Å². The molecule has 5 heteroatoms. The highest BCUT2D eigenvalue weighted by molar-refractivity contribution is 9.10. The maximum absolute atomic E-state index is 13.4. The van der Waals surface area contributed by atoms with Crippen LogP contribution in [0.5, 0.6) is 0 Å². The maximum Gasteiger partial charge on any atom is 0.153 e. The molecule has 0 bridgehead atoms. The summed E-state index contributed by atoms with van der Waals surface area (Å²) < 4.78 is 27.2. The molecular formula is C11H11BrF2N2. The van der Waals surface area contributed by atoms with Crippen molar-refractivity contribution in [2.45, 2.75) is 25.8 Å². The summed E-state index contributed by atoms with van der Waals surface area (Å²) in [6.07, 6.45) is 2.19. The molecule has 0 amide bonds. The molecule has 2 rings (SSSR count). The maximum atomic E-state index is 13.4. The summed E-state index contributed by atoms with van der Waals surface area (Å²) in [7, 11) is 0. The van der Waals surface area contributed by atoms with Crippen LogP contribution in [-0.4, -0.2) is 11.9 Å². The molecule has 2 nitrogen and oxygen atoms in total. The van der Waals surface area contributed by atoms with Gasteiger partial charge in [0.2, 0.25) is 0 Å². The first kappa shape index (κ1) is 11.5. The van der Waals surface area contributed by atoms with E-state index in [1.54, 1.807) is 6.92 Å². The van der Waals surface area contributed by atoms with Crippen LogP contribution in [0, 0.1) is 11.6 Å². The van der Waals surface area contributed by atoms with Crippen molar-refractivity contribution in [3.8, 4) is 0 Å². The summed E-state index contributed by atoms with van der Waals surface area (Å²) in [4.78, 5) is 3.91. The summed E-state index contributed by atoms with van der Waals surface area (Å²) in [6, 6.07) is 2.82. The Hall–Kier alpha value is -0.970. The summed E-state index contributed by atoms with van der Waals surface area (Å²) in [5, 5.41) is 3.08. The van der Waals surface area contributed by atoms with Crippen LogP contribution in [0.15, 0.2) is 21.6 Å². The van der Waals surface area contributed by atoms with Crippen LogP contribution in [0.3, 0.4) is 0 Å². The average molecular weight is 289 g/mol. The molecule has 0 aromatic heterocycles. The Bertz CT molecular complexity index is 419. The fraction of sp³-hybridized carbons (Fsp3) is 0.364. The SMILES string of the molecule is C/C(=N/c1c(F)cc(Br)cc1F)NC1CC1. The van der Waals surface area contributed by atoms with E-state index in [1.807, 2.05) is 0 Å². The normalized spacial score (nSPS) is 16.4. The van der Waals surface area contributed by atoms with E-state index in [0.717, 1.165) is 12.8 Å². The van der Waals surface area contributed by atoms with Crippen molar-refractivity contribution >= 4 is 27.5 Å². The van der Waals surface area contributed by atoms with Crippen LogP contribution < -0.4 is 5.32 Å². The third-order valence-electron chi connectivity index (χ3n) is 2.25. The number of hydrogen-bond donors (Lipinski definition) is 1. The van der Waals surface area contributed by atoms with E-state index >= 15 is 0 Å². The van der Waals surface area contributed by atoms with Crippen LogP contribution >= 0.6 is 15.9 Å². The predicted molar refractivity (Wildman–Crippen MR) is 63.0 cm³/mol. The molecule has 86 valence electrons. The van der Waals surface area contributed by atoms with Crippen molar-refractivity contribution in [1.82, 2.24) is 5.32 Å². The second-order valence-corrected chi connectivity index (χ2v) is 4.75. The van der Waals surface area contributed by atoms with Crippen LogP contribution in [0.2, 0.25) is 0 Å². The van der Waals surface area contributed by atoms with Gasteiger partial charge in [-0.3, -0.25) is 0 Å². The zero-order valence-corrected chi connectivity index (χ0v) is 10.3. The first-order chi connectivity index (χ1) is 7.56. The third kappa shape index (κ3) is 2.78. The number of hydrogen-bond acceptors (Lipinski definition) is 1. The lowest BCUT2D eigenvalue weighted by Gasteiger charge is -2.05. The molecule has 1 aliphatic carbocycles. The second kappa shape index (κ2) is 4.49. The van der Waals surface area contributed by atoms with Crippen molar-refractivity contribution in [1.29, 1.82) is 0 Å². The summed E-state index contributed by atoms with van der Waals surface area (Å²) in [6.45, 7) is 1.71.